The number of hydrogen-bond acceptors (Lipinski definition) is 3. The molecule has 17 heavy (non-hydrogen) atoms. The Balaban J connectivity index is 2.56. The van der Waals surface area contributed by atoms with Crippen molar-refractivity contribution in [2.75, 3.05) is 0 Å². The third-order valence-corrected chi connectivity index (χ3v) is 2.70. The summed E-state index contributed by atoms with van der Waals surface area (Å²) in [6.07, 6.45) is 0.880. The van der Waals surface area contributed by atoms with Crippen molar-refractivity contribution in [3.63, 3.8) is 0 Å². The first-order chi connectivity index (χ1) is 8.04. The molecule has 8 nitrogen and oxygen atoms in total. The minimum Gasteiger partial charge on any atom is -0.481 e. The van der Waals surface area contributed by atoms with E-state index >= 15 is 0 Å². The molecule has 94 valence electrons. The molecule has 0 aromatic rings. The van der Waals surface area contributed by atoms with Crippen LogP contribution in [-0.2, 0) is 4.79 Å². The van der Waals surface area contributed by atoms with Crippen LogP contribution >= 0.6 is 0 Å². The van der Waals surface area contributed by atoms with E-state index in [4.69, 9.17) is 10.6 Å². The summed E-state index contributed by atoms with van der Waals surface area (Å²) >= 11 is 0. The van der Waals surface area contributed by atoms with E-state index in [1.807, 2.05) is 0 Å². The Kier molecular flexibility index (Phi) is 4.59. The van der Waals surface area contributed by atoms with Crippen molar-refractivity contribution in [3.8, 4) is 0 Å². The molecule has 3 atom stereocenters. The highest BCUT2D eigenvalue weighted by molar-refractivity contribution is 5.77. The van der Waals surface area contributed by atoms with Gasteiger partial charge >= 0.3 is 12.0 Å². The molecule has 0 bridgehead atoms. The smallest absolute Gasteiger partial charge is 0.315 e. The molecule has 0 spiro atoms. The number of carboxylic acids is 1. The molecule has 1 aliphatic heterocycles. The van der Waals surface area contributed by atoms with Crippen molar-refractivity contribution in [1.82, 2.24) is 10.6 Å². The lowest BCUT2D eigenvalue weighted by molar-refractivity contribution is -0.137. The van der Waals surface area contributed by atoms with Gasteiger partial charge < -0.3 is 15.7 Å². The third kappa shape index (κ3) is 3.84. The standard InChI is InChI=1S/C9H15N5O3/c1-5-8(12-9(17)11-5)6(13-14-10)3-2-4-7(15)16/h5-6,8H,2-4H2,1H3,(H,15,16)(H2,11,12,17)/t5-,6?,8-/m0/s1. The van der Waals surface area contributed by atoms with Gasteiger partial charge in [-0.25, -0.2) is 4.79 Å². The first-order valence-corrected chi connectivity index (χ1v) is 5.37. The van der Waals surface area contributed by atoms with Crippen molar-refractivity contribution in [2.24, 2.45) is 5.11 Å². The van der Waals surface area contributed by atoms with Crippen molar-refractivity contribution in [3.05, 3.63) is 10.4 Å². The number of nitrogens with one attached hydrogen (secondary N) is 2. The zero-order valence-corrected chi connectivity index (χ0v) is 9.46. The molecule has 1 aliphatic rings. The zero-order chi connectivity index (χ0) is 12.8. The van der Waals surface area contributed by atoms with E-state index in [-0.39, 0.29) is 24.5 Å². The molecule has 0 saturated carbocycles. The number of carbonyl (C=O) groups excluding carboxylic acids is 1. The number of amides is 2. The lowest BCUT2D eigenvalue weighted by atomic mass is 9.98. The van der Waals surface area contributed by atoms with E-state index in [1.54, 1.807) is 6.92 Å². The zero-order valence-electron chi connectivity index (χ0n) is 9.46. The second-order valence-electron chi connectivity index (χ2n) is 3.99. The third-order valence-electron chi connectivity index (χ3n) is 2.70. The summed E-state index contributed by atoms with van der Waals surface area (Å²) in [5.74, 6) is -0.883. The Morgan fingerprint density at radius 2 is 2.35 bits per heavy atom. The average molecular weight is 241 g/mol. The molecule has 8 heteroatoms. The molecule has 1 unspecified atom stereocenters. The van der Waals surface area contributed by atoms with Gasteiger partial charge in [-0.3, -0.25) is 4.79 Å². The molecular weight excluding hydrogens is 226 g/mol. The van der Waals surface area contributed by atoms with Crippen molar-refractivity contribution < 1.29 is 14.7 Å². The molecule has 0 aliphatic carbocycles. The maximum Gasteiger partial charge on any atom is 0.315 e. The number of hydrogen-bond donors (Lipinski definition) is 3. The van der Waals surface area contributed by atoms with E-state index < -0.39 is 12.0 Å². The first kappa shape index (κ1) is 13.1. The van der Waals surface area contributed by atoms with Gasteiger partial charge in [-0.2, -0.15) is 0 Å². The second-order valence-corrected chi connectivity index (χ2v) is 3.99. The number of carboxylic acid groups (broad SMARTS) is 1. The fourth-order valence-corrected chi connectivity index (χ4v) is 1.88. The Hall–Kier alpha value is -1.95. The molecule has 0 radical (unpaired) electrons. The number of urea groups is 1. The van der Waals surface area contributed by atoms with Crippen LogP contribution in [0.1, 0.15) is 26.2 Å². The number of carbonyl (C=O) groups is 2. The lowest BCUT2D eigenvalue weighted by Crippen LogP contribution is -2.41. The van der Waals surface area contributed by atoms with Crippen molar-refractivity contribution >= 4 is 12.0 Å². The highest BCUT2D eigenvalue weighted by atomic mass is 16.4. The van der Waals surface area contributed by atoms with Crippen LogP contribution in [0.2, 0.25) is 0 Å². The van der Waals surface area contributed by atoms with E-state index in [0.29, 0.717) is 12.8 Å². The number of azide groups is 1. The van der Waals surface area contributed by atoms with Gasteiger partial charge in [0, 0.05) is 17.4 Å². The summed E-state index contributed by atoms with van der Waals surface area (Å²) in [6.45, 7) is 1.81. The van der Waals surface area contributed by atoms with Crippen LogP contribution in [0.3, 0.4) is 0 Å². The monoisotopic (exact) mass is 241 g/mol. The fourth-order valence-electron chi connectivity index (χ4n) is 1.88. The Morgan fingerprint density at radius 3 is 2.82 bits per heavy atom. The van der Waals surface area contributed by atoms with Gasteiger partial charge in [0.1, 0.15) is 0 Å². The minimum atomic E-state index is -0.883. The Morgan fingerprint density at radius 1 is 1.65 bits per heavy atom. The summed E-state index contributed by atoms with van der Waals surface area (Å²) in [5.41, 5.74) is 8.47. The second kappa shape index (κ2) is 5.95. The van der Waals surface area contributed by atoms with E-state index in [2.05, 4.69) is 20.7 Å². The molecule has 1 heterocycles. The van der Waals surface area contributed by atoms with E-state index in [9.17, 15) is 9.59 Å². The maximum absolute atomic E-state index is 11.1. The molecule has 1 rings (SSSR count). The van der Waals surface area contributed by atoms with Crippen LogP contribution in [0.15, 0.2) is 5.11 Å². The topological polar surface area (TPSA) is 127 Å². The van der Waals surface area contributed by atoms with Crippen LogP contribution in [0.4, 0.5) is 4.79 Å². The van der Waals surface area contributed by atoms with Crippen LogP contribution < -0.4 is 10.6 Å². The maximum atomic E-state index is 11.1. The van der Waals surface area contributed by atoms with Gasteiger partial charge in [0.15, 0.2) is 0 Å². The molecule has 1 fully saturated rings. The van der Waals surface area contributed by atoms with Crippen LogP contribution in [0.5, 0.6) is 0 Å². The molecule has 3 N–H and O–H groups in total. The summed E-state index contributed by atoms with van der Waals surface area (Å²) in [4.78, 5) is 24.2. The molecule has 1 saturated heterocycles. The largest absolute Gasteiger partial charge is 0.481 e. The summed E-state index contributed by atoms with van der Waals surface area (Å²) in [6, 6.07) is -1.14. The minimum absolute atomic E-state index is 0.0277. The Labute approximate surface area is 98.0 Å². The first-order valence-electron chi connectivity index (χ1n) is 5.37. The lowest BCUT2D eigenvalue weighted by Gasteiger charge is -2.21. The molecule has 0 aromatic carbocycles. The summed E-state index contributed by atoms with van der Waals surface area (Å²) in [5, 5.41) is 17.5. The molecule has 0 aromatic heterocycles. The molecule has 2 amide bonds. The highest BCUT2D eigenvalue weighted by Crippen LogP contribution is 2.15. The summed E-state index contributed by atoms with van der Waals surface area (Å²) in [7, 11) is 0. The predicted molar refractivity (Wildman–Crippen MR) is 59.3 cm³/mol. The summed E-state index contributed by atoms with van der Waals surface area (Å²) < 4.78 is 0. The molecular formula is C9H15N5O3. The highest BCUT2D eigenvalue weighted by Gasteiger charge is 2.33. The van der Waals surface area contributed by atoms with Gasteiger partial charge in [-0.05, 0) is 25.3 Å². The van der Waals surface area contributed by atoms with Crippen LogP contribution in [0, 0.1) is 0 Å². The fraction of sp³-hybridized carbons (Fsp3) is 0.778. The average Bonchev–Trinajstić information content (AvgIpc) is 2.56. The number of nitrogens with zero attached hydrogens (tertiary/aromatic N) is 3. The predicted octanol–water partition coefficient (Wildman–Crippen LogP) is 0.990. The van der Waals surface area contributed by atoms with E-state index in [1.165, 1.54) is 0 Å². The van der Waals surface area contributed by atoms with Gasteiger partial charge in [0.25, 0.3) is 0 Å². The van der Waals surface area contributed by atoms with Gasteiger partial charge in [-0.15, -0.1) is 0 Å². The quantitative estimate of drug-likeness (QED) is 0.364. The van der Waals surface area contributed by atoms with Gasteiger partial charge in [0.05, 0.1) is 12.1 Å². The van der Waals surface area contributed by atoms with E-state index in [0.717, 1.165) is 0 Å². The Bertz CT molecular complexity index is 353. The van der Waals surface area contributed by atoms with Crippen LogP contribution in [-0.4, -0.2) is 35.2 Å². The van der Waals surface area contributed by atoms with Crippen molar-refractivity contribution in [1.29, 1.82) is 0 Å². The van der Waals surface area contributed by atoms with Gasteiger partial charge in [-0.1, -0.05) is 5.11 Å². The normalized spacial score (nSPS) is 24.4. The van der Waals surface area contributed by atoms with Crippen molar-refractivity contribution in [2.45, 2.75) is 44.3 Å². The van der Waals surface area contributed by atoms with Crippen LogP contribution in [0.25, 0.3) is 10.4 Å². The number of aliphatic carboxylic acids is 1. The SMILES string of the molecule is C[C@@H]1NC(=O)N[C@@H]1C(CCCC(=O)O)N=[N+]=[N-]. The number of rotatable bonds is 6. The van der Waals surface area contributed by atoms with Gasteiger partial charge in [0.2, 0.25) is 0 Å².